The molecule has 0 aromatic heterocycles. The highest BCUT2D eigenvalue weighted by molar-refractivity contribution is 5.77. The Morgan fingerprint density at radius 1 is 1.35 bits per heavy atom. The molecular formula is C12H27N3O2. The molecule has 5 heteroatoms. The Balaban J connectivity index is 3.70. The summed E-state index contributed by atoms with van der Waals surface area (Å²) < 4.78 is 4.92. The number of carbonyl (C=O) groups excluding carboxylic acids is 1. The lowest BCUT2D eigenvalue weighted by molar-refractivity contribution is -0.122. The number of unbranched alkanes of at least 4 members (excludes halogenated alkanes) is 1. The van der Waals surface area contributed by atoms with Crippen LogP contribution in [0.2, 0.25) is 0 Å². The molecule has 17 heavy (non-hydrogen) atoms. The van der Waals surface area contributed by atoms with E-state index in [0.717, 1.165) is 32.4 Å². The van der Waals surface area contributed by atoms with Gasteiger partial charge in [-0.3, -0.25) is 9.69 Å². The van der Waals surface area contributed by atoms with Gasteiger partial charge in [-0.25, -0.2) is 0 Å². The second-order valence-electron chi connectivity index (χ2n) is 4.11. The Morgan fingerprint density at radius 2 is 2.12 bits per heavy atom. The van der Waals surface area contributed by atoms with E-state index in [2.05, 4.69) is 17.1 Å². The van der Waals surface area contributed by atoms with Crippen LogP contribution in [0.1, 0.15) is 26.2 Å². The first-order valence-corrected chi connectivity index (χ1v) is 6.42. The van der Waals surface area contributed by atoms with E-state index in [-0.39, 0.29) is 5.91 Å². The van der Waals surface area contributed by atoms with Crippen molar-refractivity contribution in [2.75, 3.05) is 46.4 Å². The van der Waals surface area contributed by atoms with Crippen molar-refractivity contribution in [2.24, 2.45) is 5.73 Å². The van der Waals surface area contributed by atoms with Gasteiger partial charge in [0.05, 0.1) is 6.54 Å². The Labute approximate surface area is 105 Å². The van der Waals surface area contributed by atoms with Crippen LogP contribution in [0.15, 0.2) is 0 Å². The third kappa shape index (κ3) is 10.2. The minimum atomic E-state index is 0.0747. The molecule has 0 bridgehead atoms. The van der Waals surface area contributed by atoms with Crippen molar-refractivity contribution in [3.8, 4) is 0 Å². The Kier molecular flexibility index (Phi) is 11.4. The van der Waals surface area contributed by atoms with E-state index in [1.54, 1.807) is 7.11 Å². The van der Waals surface area contributed by atoms with Gasteiger partial charge in [0.2, 0.25) is 5.91 Å². The summed E-state index contributed by atoms with van der Waals surface area (Å²) in [5, 5.41) is 2.88. The Hall–Kier alpha value is -0.650. The summed E-state index contributed by atoms with van der Waals surface area (Å²) in [4.78, 5) is 13.7. The van der Waals surface area contributed by atoms with Crippen molar-refractivity contribution in [1.29, 1.82) is 0 Å². The summed E-state index contributed by atoms with van der Waals surface area (Å²) in [5.74, 6) is 0.0747. The van der Waals surface area contributed by atoms with Crippen molar-refractivity contribution in [2.45, 2.75) is 26.2 Å². The molecule has 0 spiro atoms. The third-order valence-corrected chi connectivity index (χ3v) is 2.49. The number of nitrogens with one attached hydrogen (secondary N) is 1. The molecule has 0 saturated heterocycles. The maximum atomic E-state index is 11.6. The zero-order valence-electron chi connectivity index (χ0n) is 11.2. The van der Waals surface area contributed by atoms with E-state index in [0.29, 0.717) is 26.2 Å². The number of ether oxygens (including phenoxy) is 1. The van der Waals surface area contributed by atoms with E-state index >= 15 is 0 Å². The first-order chi connectivity index (χ1) is 8.24. The van der Waals surface area contributed by atoms with Gasteiger partial charge in [-0.1, -0.05) is 13.3 Å². The van der Waals surface area contributed by atoms with E-state index in [4.69, 9.17) is 10.5 Å². The molecule has 0 aliphatic rings. The van der Waals surface area contributed by atoms with Crippen LogP contribution in [0.3, 0.4) is 0 Å². The minimum Gasteiger partial charge on any atom is -0.385 e. The third-order valence-electron chi connectivity index (χ3n) is 2.49. The van der Waals surface area contributed by atoms with Crippen molar-refractivity contribution in [3.05, 3.63) is 0 Å². The lowest BCUT2D eigenvalue weighted by atomic mass is 10.3. The number of hydrogen-bond donors (Lipinski definition) is 2. The molecule has 0 atom stereocenters. The van der Waals surface area contributed by atoms with Gasteiger partial charge in [-0.05, 0) is 19.4 Å². The highest BCUT2D eigenvalue weighted by atomic mass is 16.5. The van der Waals surface area contributed by atoms with E-state index in [9.17, 15) is 4.79 Å². The van der Waals surface area contributed by atoms with Crippen LogP contribution in [-0.2, 0) is 9.53 Å². The number of nitrogens with two attached hydrogens (primary N) is 1. The molecule has 0 unspecified atom stereocenters. The normalized spacial score (nSPS) is 10.8. The number of nitrogens with zero attached hydrogens (tertiary/aromatic N) is 1. The molecule has 0 saturated carbocycles. The van der Waals surface area contributed by atoms with E-state index in [1.165, 1.54) is 0 Å². The standard InChI is InChI=1S/C12H27N3O2/c1-3-4-8-15(9-6-13)11-12(16)14-7-5-10-17-2/h3-11,13H2,1-2H3,(H,14,16). The second kappa shape index (κ2) is 11.8. The van der Waals surface area contributed by atoms with Gasteiger partial charge in [-0.2, -0.15) is 0 Å². The molecule has 0 aromatic carbocycles. The van der Waals surface area contributed by atoms with Gasteiger partial charge in [0.15, 0.2) is 0 Å². The summed E-state index contributed by atoms with van der Waals surface area (Å²) in [6.45, 7) is 6.28. The molecule has 0 aliphatic carbocycles. The maximum absolute atomic E-state index is 11.6. The van der Waals surface area contributed by atoms with Gasteiger partial charge in [0, 0.05) is 33.4 Å². The quantitative estimate of drug-likeness (QED) is 0.510. The number of hydrogen-bond acceptors (Lipinski definition) is 4. The fraction of sp³-hybridized carbons (Fsp3) is 0.917. The monoisotopic (exact) mass is 245 g/mol. The molecule has 0 aromatic rings. The SMILES string of the molecule is CCCCN(CCN)CC(=O)NCCCOC. The summed E-state index contributed by atoms with van der Waals surface area (Å²) in [6.07, 6.45) is 3.10. The summed E-state index contributed by atoms with van der Waals surface area (Å²) in [7, 11) is 1.66. The van der Waals surface area contributed by atoms with Crippen LogP contribution in [0.5, 0.6) is 0 Å². The highest BCUT2D eigenvalue weighted by Crippen LogP contribution is 1.94. The summed E-state index contributed by atoms with van der Waals surface area (Å²) in [5.41, 5.74) is 5.53. The van der Waals surface area contributed by atoms with Crippen LogP contribution >= 0.6 is 0 Å². The lowest BCUT2D eigenvalue weighted by Crippen LogP contribution is -2.40. The average molecular weight is 245 g/mol. The number of amides is 1. The van der Waals surface area contributed by atoms with Crippen molar-refractivity contribution in [3.63, 3.8) is 0 Å². The second-order valence-corrected chi connectivity index (χ2v) is 4.11. The van der Waals surface area contributed by atoms with Gasteiger partial charge in [0.25, 0.3) is 0 Å². The minimum absolute atomic E-state index is 0.0747. The van der Waals surface area contributed by atoms with Crippen molar-refractivity contribution < 1.29 is 9.53 Å². The van der Waals surface area contributed by atoms with Crippen molar-refractivity contribution in [1.82, 2.24) is 10.2 Å². The van der Waals surface area contributed by atoms with Crippen LogP contribution < -0.4 is 11.1 Å². The zero-order chi connectivity index (χ0) is 12.9. The molecule has 0 heterocycles. The number of rotatable bonds is 11. The van der Waals surface area contributed by atoms with Crippen molar-refractivity contribution >= 4 is 5.91 Å². The van der Waals surface area contributed by atoms with Crippen LogP contribution in [0.4, 0.5) is 0 Å². The molecule has 0 fully saturated rings. The maximum Gasteiger partial charge on any atom is 0.234 e. The Bertz CT molecular complexity index is 189. The number of carbonyl (C=O) groups is 1. The van der Waals surface area contributed by atoms with Crippen LogP contribution in [0, 0.1) is 0 Å². The predicted molar refractivity (Wildman–Crippen MR) is 69.9 cm³/mol. The van der Waals surface area contributed by atoms with E-state index in [1.807, 2.05) is 0 Å². The number of methoxy groups -OCH3 is 1. The highest BCUT2D eigenvalue weighted by Gasteiger charge is 2.08. The summed E-state index contributed by atoms with van der Waals surface area (Å²) >= 11 is 0. The molecule has 0 aliphatic heterocycles. The molecule has 102 valence electrons. The van der Waals surface area contributed by atoms with E-state index < -0.39 is 0 Å². The smallest absolute Gasteiger partial charge is 0.234 e. The predicted octanol–water partition coefficient (Wildman–Crippen LogP) is 0.200. The van der Waals surface area contributed by atoms with Crippen LogP contribution in [0.25, 0.3) is 0 Å². The largest absolute Gasteiger partial charge is 0.385 e. The van der Waals surface area contributed by atoms with Gasteiger partial charge in [0.1, 0.15) is 0 Å². The van der Waals surface area contributed by atoms with Gasteiger partial charge >= 0.3 is 0 Å². The molecule has 1 amide bonds. The zero-order valence-corrected chi connectivity index (χ0v) is 11.2. The fourth-order valence-electron chi connectivity index (χ4n) is 1.54. The first kappa shape index (κ1) is 16.4. The molecule has 0 rings (SSSR count). The van der Waals surface area contributed by atoms with Gasteiger partial charge < -0.3 is 15.8 Å². The van der Waals surface area contributed by atoms with Crippen LogP contribution in [-0.4, -0.2) is 57.2 Å². The Morgan fingerprint density at radius 3 is 2.71 bits per heavy atom. The fourth-order valence-corrected chi connectivity index (χ4v) is 1.54. The first-order valence-electron chi connectivity index (χ1n) is 6.42. The molecular weight excluding hydrogens is 218 g/mol. The topological polar surface area (TPSA) is 67.6 Å². The molecule has 0 radical (unpaired) electrons. The van der Waals surface area contributed by atoms with Gasteiger partial charge in [-0.15, -0.1) is 0 Å². The summed E-state index contributed by atoms with van der Waals surface area (Å²) in [6, 6.07) is 0. The molecule has 5 nitrogen and oxygen atoms in total. The molecule has 3 N–H and O–H groups in total. The average Bonchev–Trinajstić information content (AvgIpc) is 2.32. The lowest BCUT2D eigenvalue weighted by Gasteiger charge is -2.20.